The highest BCUT2D eigenvalue weighted by molar-refractivity contribution is 7.88. The lowest BCUT2D eigenvalue weighted by atomic mass is 9.97. The van der Waals surface area contributed by atoms with E-state index >= 15 is 13.2 Å². The number of halogens is 3. The third-order valence-corrected chi connectivity index (χ3v) is 7.08. The molecule has 0 aliphatic carbocycles. The van der Waals surface area contributed by atoms with Gasteiger partial charge in [0.1, 0.15) is 12.1 Å². The highest BCUT2D eigenvalue weighted by Gasteiger charge is 2.58. The fourth-order valence-electron chi connectivity index (χ4n) is 4.63. The monoisotopic (exact) mass is 497 g/mol. The predicted molar refractivity (Wildman–Crippen MR) is 115 cm³/mol. The van der Waals surface area contributed by atoms with Crippen LogP contribution in [0.4, 0.5) is 19.1 Å². The van der Waals surface area contributed by atoms with Gasteiger partial charge >= 0.3 is 0 Å². The van der Waals surface area contributed by atoms with Crippen LogP contribution < -0.4 is 14.4 Å². The maximum Gasteiger partial charge on any atom is 0.283 e. The van der Waals surface area contributed by atoms with Crippen molar-refractivity contribution in [2.45, 2.75) is 43.8 Å². The molecule has 4 heterocycles. The zero-order valence-electron chi connectivity index (χ0n) is 18.3. The molecule has 3 aliphatic heterocycles. The summed E-state index contributed by atoms with van der Waals surface area (Å²) in [6, 6.07) is 0.219. The molecule has 9 nitrogen and oxygen atoms in total. The molecule has 3 atom stereocenters. The summed E-state index contributed by atoms with van der Waals surface area (Å²) in [5.74, 6) is -4.87. The number of rotatable bonds is 2. The number of hydrogen-bond donors (Lipinski definition) is 1. The van der Waals surface area contributed by atoms with Crippen molar-refractivity contribution in [3.63, 3.8) is 0 Å². The number of alkyl halides is 2. The molecular formula is C21H22F3N5O4S. The molecule has 1 aromatic heterocycles. The lowest BCUT2D eigenvalue weighted by Gasteiger charge is -2.42. The summed E-state index contributed by atoms with van der Waals surface area (Å²) in [6.07, 6.45) is 2.29. The minimum absolute atomic E-state index is 0.00921. The van der Waals surface area contributed by atoms with Gasteiger partial charge in [-0.1, -0.05) is 12.1 Å². The van der Waals surface area contributed by atoms with Gasteiger partial charge in [0.15, 0.2) is 11.6 Å². The molecule has 4 bridgehead atoms. The number of ether oxygens (including phenoxy) is 1. The first-order chi connectivity index (χ1) is 15.9. The van der Waals surface area contributed by atoms with E-state index in [1.165, 1.54) is 24.4 Å². The van der Waals surface area contributed by atoms with Crippen LogP contribution in [-0.4, -0.2) is 72.6 Å². The predicted octanol–water partition coefficient (Wildman–Crippen LogP) is 1.62. The van der Waals surface area contributed by atoms with Crippen LogP contribution in [-0.2, 0) is 21.2 Å². The summed E-state index contributed by atoms with van der Waals surface area (Å²) in [4.78, 5) is 24.6. The summed E-state index contributed by atoms with van der Waals surface area (Å²) in [6.45, 7) is 1.12. The van der Waals surface area contributed by atoms with Gasteiger partial charge in [0, 0.05) is 18.3 Å². The van der Waals surface area contributed by atoms with Gasteiger partial charge in [-0.05, 0) is 31.4 Å². The van der Waals surface area contributed by atoms with Crippen molar-refractivity contribution in [1.29, 1.82) is 0 Å². The number of carbonyl (C=O) groups is 1. The maximum atomic E-state index is 15.4. The number of carbonyl (C=O) groups excluding carboxylic acids is 1. The van der Waals surface area contributed by atoms with E-state index < -0.39 is 52.3 Å². The fourth-order valence-corrected chi connectivity index (χ4v) is 5.42. The van der Waals surface area contributed by atoms with Crippen molar-refractivity contribution in [1.82, 2.24) is 19.6 Å². The molecule has 1 aromatic carbocycles. The minimum Gasteiger partial charge on any atom is -0.435 e. The van der Waals surface area contributed by atoms with Crippen molar-refractivity contribution < 1.29 is 31.1 Å². The number of hydrogen-bond acceptors (Lipinski definition) is 7. The maximum absolute atomic E-state index is 15.4. The van der Waals surface area contributed by atoms with E-state index in [1.54, 1.807) is 11.8 Å². The molecule has 3 aliphatic rings. The molecule has 2 fully saturated rings. The number of benzene rings is 1. The van der Waals surface area contributed by atoms with Crippen molar-refractivity contribution in [2.75, 3.05) is 24.2 Å². The first kappa shape index (κ1) is 22.8. The molecular weight excluding hydrogens is 475 g/mol. The Labute approximate surface area is 194 Å². The van der Waals surface area contributed by atoms with E-state index in [0.29, 0.717) is 18.5 Å². The lowest BCUT2D eigenvalue weighted by Crippen LogP contribution is -2.60. The van der Waals surface area contributed by atoms with Crippen LogP contribution in [0, 0.1) is 12.7 Å². The number of aromatic nitrogens is 2. The topological polar surface area (TPSA) is 105 Å². The summed E-state index contributed by atoms with van der Waals surface area (Å²) in [7, 11) is -4.05. The highest BCUT2D eigenvalue weighted by atomic mass is 32.2. The van der Waals surface area contributed by atoms with Gasteiger partial charge in [-0.2, -0.15) is 4.98 Å². The SMILES string of the molecule is Cc1cnc2nc1Oc1cccc(c1F)C[C@H]1[C@@H](NS(C)(=O)=O)C(F)(F)CN1C(=O)C1CCN21. The summed E-state index contributed by atoms with van der Waals surface area (Å²) >= 11 is 0. The van der Waals surface area contributed by atoms with Crippen molar-refractivity contribution in [3.05, 3.63) is 41.3 Å². The van der Waals surface area contributed by atoms with Crippen LogP contribution in [0.2, 0.25) is 0 Å². The Bertz CT molecular complexity index is 1280. The van der Waals surface area contributed by atoms with Crippen LogP contribution >= 0.6 is 0 Å². The van der Waals surface area contributed by atoms with Crippen molar-refractivity contribution >= 4 is 21.9 Å². The van der Waals surface area contributed by atoms with Gasteiger partial charge < -0.3 is 14.5 Å². The van der Waals surface area contributed by atoms with Crippen LogP contribution in [0.15, 0.2) is 24.4 Å². The molecule has 0 radical (unpaired) electrons. The van der Waals surface area contributed by atoms with Gasteiger partial charge in [0.25, 0.3) is 5.92 Å². The Hall–Kier alpha value is -2.93. The Morgan fingerprint density at radius 1 is 1.26 bits per heavy atom. The Balaban J connectivity index is 1.65. The fraction of sp³-hybridized carbons (Fsp3) is 0.476. The van der Waals surface area contributed by atoms with Gasteiger partial charge in [0.05, 0.1) is 18.8 Å². The largest absolute Gasteiger partial charge is 0.435 e. The standard InChI is InChI=1S/C21H22F3N5O4S/c1-11-9-25-20-26-18(11)33-15-5-3-4-12(16(15)22)8-14-17(27-34(2,31)32)21(23,24)10-29(14)19(30)13-6-7-28(13)20/h3-5,9,13-14,17,27H,6-8,10H2,1-2H3/t13?,14-,17+/m0/s1. The average molecular weight is 497 g/mol. The number of aryl methyl sites for hydroxylation is 1. The van der Waals surface area contributed by atoms with Crippen LogP contribution in [0.25, 0.3) is 0 Å². The third kappa shape index (κ3) is 3.86. The van der Waals surface area contributed by atoms with E-state index in [9.17, 15) is 13.2 Å². The van der Waals surface area contributed by atoms with Gasteiger partial charge in [-0.3, -0.25) is 4.79 Å². The van der Waals surface area contributed by atoms with E-state index in [0.717, 1.165) is 11.2 Å². The van der Waals surface area contributed by atoms with Crippen LogP contribution in [0.5, 0.6) is 11.6 Å². The van der Waals surface area contributed by atoms with E-state index in [4.69, 9.17) is 4.74 Å². The van der Waals surface area contributed by atoms with E-state index in [1.807, 2.05) is 4.72 Å². The second-order valence-corrected chi connectivity index (χ2v) is 10.6. The molecule has 5 rings (SSSR count). The van der Waals surface area contributed by atoms with Crippen molar-refractivity contribution in [3.8, 4) is 11.6 Å². The lowest BCUT2D eigenvalue weighted by molar-refractivity contribution is -0.136. The number of nitrogens with one attached hydrogen (secondary N) is 1. The zero-order chi connectivity index (χ0) is 24.4. The first-order valence-electron chi connectivity index (χ1n) is 10.7. The first-order valence-corrected chi connectivity index (χ1v) is 12.5. The van der Waals surface area contributed by atoms with Gasteiger partial charge in [-0.25, -0.2) is 31.3 Å². The molecule has 0 spiro atoms. The van der Waals surface area contributed by atoms with Gasteiger partial charge in [-0.15, -0.1) is 0 Å². The molecule has 0 saturated carbocycles. The third-order valence-electron chi connectivity index (χ3n) is 6.40. The number of amides is 1. The minimum atomic E-state index is -4.05. The number of anilines is 1. The Morgan fingerprint density at radius 2 is 2.03 bits per heavy atom. The molecule has 2 saturated heterocycles. The Kier molecular flexibility index (Phi) is 5.24. The molecule has 182 valence electrons. The second kappa shape index (κ2) is 7.80. The number of fused-ring (bicyclic) bond motifs is 7. The molecule has 13 heteroatoms. The highest BCUT2D eigenvalue weighted by Crippen LogP contribution is 2.39. The van der Waals surface area contributed by atoms with Crippen LogP contribution in [0.3, 0.4) is 0 Å². The normalized spacial score (nSPS) is 25.8. The van der Waals surface area contributed by atoms with Gasteiger partial charge in [0.2, 0.25) is 27.8 Å². The van der Waals surface area contributed by atoms with E-state index in [-0.39, 0.29) is 29.6 Å². The summed E-state index contributed by atoms with van der Waals surface area (Å²) in [5, 5.41) is 0. The average Bonchev–Trinajstić information content (AvgIpc) is 2.95. The molecule has 34 heavy (non-hydrogen) atoms. The summed E-state index contributed by atoms with van der Waals surface area (Å²) in [5.41, 5.74) is 0.555. The summed E-state index contributed by atoms with van der Waals surface area (Å²) < 4.78 is 77.0. The van der Waals surface area contributed by atoms with Crippen molar-refractivity contribution in [2.24, 2.45) is 0 Å². The molecule has 1 amide bonds. The van der Waals surface area contributed by atoms with E-state index in [2.05, 4.69) is 9.97 Å². The molecule has 1 N–H and O–H groups in total. The molecule has 2 aromatic rings. The smallest absolute Gasteiger partial charge is 0.283 e. The Morgan fingerprint density at radius 3 is 2.71 bits per heavy atom. The number of sulfonamides is 1. The second-order valence-electron chi connectivity index (χ2n) is 8.85. The zero-order valence-corrected chi connectivity index (χ0v) is 19.2. The van der Waals surface area contributed by atoms with Crippen LogP contribution in [0.1, 0.15) is 17.5 Å². The quantitative estimate of drug-likeness (QED) is 0.672. The molecule has 1 unspecified atom stereocenters. The number of nitrogens with zero attached hydrogens (tertiary/aromatic N) is 4.